The Labute approximate surface area is 147 Å². The summed E-state index contributed by atoms with van der Waals surface area (Å²) in [4.78, 5) is 23.0. The first kappa shape index (κ1) is 17.2. The molecular formula is C18H22N4O3. The van der Waals surface area contributed by atoms with Crippen LogP contribution < -0.4 is 15.0 Å². The second kappa shape index (κ2) is 7.94. The number of pyridine rings is 2. The molecule has 2 aromatic heterocycles. The van der Waals surface area contributed by atoms with E-state index >= 15 is 0 Å². The molecule has 3 heterocycles. The van der Waals surface area contributed by atoms with E-state index in [0.717, 1.165) is 0 Å². The van der Waals surface area contributed by atoms with E-state index in [1.807, 2.05) is 31.1 Å². The Hall–Kier alpha value is -2.67. The molecule has 7 heteroatoms. The maximum atomic E-state index is 12.7. The SMILES string of the molecule is CN(C)c1ncccc1C(=O)N[C@@H]1COCC[C@H]1Oc1ccccn1. The van der Waals surface area contributed by atoms with Crippen LogP contribution in [0.2, 0.25) is 0 Å². The van der Waals surface area contributed by atoms with E-state index in [4.69, 9.17) is 9.47 Å². The van der Waals surface area contributed by atoms with Crippen molar-refractivity contribution in [1.29, 1.82) is 0 Å². The molecule has 0 unspecified atom stereocenters. The molecule has 2 atom stereocenters. The molecule has 0 aromatic carbocycles. The molecule has 0 aliphatic carbocycles. The number of hydrogen-bond donors (Lipinski definition) is 1. The zero-order valence-corrected chi connectivity index (χ0v) is 14.4. The fraction of sp³-hybridized carbons (Fsp3) is 0.389. The van der Waals surface area contributed by atoms with E-state index in [9.17, 15) is 4.79 Å². The van der Waals surface area contributed by atoms with Gasteiger partial charge >= 0.3 is 0 Å². The molecule has 0 saturated carbocycles. The average molecular weight is 342 g/mol. The highest BCUT2D eigenvalue weighted by Gasteiger charge is 2.30. The van der Waals surface area contributed by atoms with E-state index in [1.54, 1.807) is 30.6 Å². The lowest BCUT2D eigenvalue weighted by atomic mass is 10.1. The number of amides is 1. The van der Waals surface area contributed by atoms with Crippen molar-refractivity contribution in [2.24, 2.45) is 0 Å². The highest BCUT2D eigenvalue weighted by Crippen LogP contribution is 2.18. The third-order valence-electron chi connectivity index (χ3n) is 3.97. The number of aromatic nitrogens is 2. The number of ether oxygens (including phenoxy) is 2. The number of nitrogens with one attached hydrogen (secondary N) is 1. The number of carbonyl (C=O) groups excluding carboxylic acids is 1. The molecule has 1 saturated heterocycles. The Morgan fingerprint density at radius 3 is 2.84 bits per heavy atom. The summed E-state index contributed by atoms with van der Waals surface area (Å²) in [7, 11) is 3.71. The molecule has 1 N–H and O–H groups in total. The van der Waals surface area contributed by atoms with Gasteiger partial charge in [-0.1, -0.05) is 6.07 Å². The maximum absolute atomic E-state index is 12.7. The van der Waals surface area contributed by atoms with Crippen LogP contribution >= 0.6 is 0 Å². The second-order valence-corrected chi connectivity index (χ2v) is 6.04. The molecule has 1 fully saturated rings. The number of anilines is 1. The Morgan fingerprint density at radius 2 is 2.08 bits per heavy atom. The van der Waals surface area contributed by atoms with E-state index < -0.39 is 0 Å². The van der Waals surface area contributed by atoms with Gasteiger partial charge in [0.05, 0.1) is 24.8 Å². The van der Waals surface area contributed by atoms with Gasteiger partial charge in [0, 0.05) is 39.0 Å². The van der Waals surface area contributed by atoms with Crippen LogP contribution in [0.5, 0.6) is 5.88 Å². The summed E-state index contributed by atoms with van der Waals surface area (Å²) in [6.07, 6.45) is 3.85. The van der Waals surface area contributed by atoms with Crippen molar-refractivity contribution in [3.63, 3.8) is 0 Å². The first-order valence-corrected chi connectivity index (χ1v) is 8.24. The number of carbonyl (C=O) groups is 1. The van der Waals surface area contributed by atoms with Crippen molar-refractivity contribution in [3.05, 3.63) is 48.3 Å². The molecule has 0 bridgehead atoms. The maximum Gasteiger partial charge on any atom is 0.255 e. The Bertz CT molecular complexity index is 708. The van der Waals surface area contributed by atoms with Gasteiger partial charge in [0.2, 0.25) is 5.88 Å². The summed E-state index contributed by atoms with van der Waals surface area (Å²) in [5.74, 6) is 0.977. The minimum absolute atomic E-state index is 0.188. The van der Waals surface area contributed by atoms with E-state index in [2.05, 4.69) is 15.3 Å². The average Bonchev–Trinajstić information content (AvgIpc) is 2.64. The van der Waals surface area contributed by atoms with Gasteiger partial charge in [-0.15, -0.1) is 0 Å². The summed E-state index contributed by atoms with van der Waals surface area (Å²) < 4.78 is 11.5. The molecule has 1 aliphatic heterocycles. The fourth-order valence-corrected chi connectivity index (χ4v) is 2.74. The zero-order chi connectivity index (χ0) is 17.6. The molecule has 7 nitrogen and oxygen atoms in total. The first-order valence-electron chi connectivity index (χ1n) is 8.24. The molecule has 2 aromatic rings. The third kappa shape index (κ3) is 4.24. The predicted molar refractivity (Wildman–Crippen MR) is 93.9 cm³/mol. The Kier molecular flexibility index (Phi) is 5.45. The van der Waals surface area contributed by atoms with E-state index in [-0.39, 0.29) is 18.1 Å². The van der Waals surface area contributed by atoms with Gasteiger partial charge in [-0.2, -0.15) is 0 Å². The summed E-state index contributed by atoms with van der Waals surface area (Å²) >= 11 is 0. The third-order valence-corrected chi connectivity index (χ3v) is 3.97. The van der Waals surface area contributed by atoms with Crippen molar-refractivity contribution in [2.75, 3.05) is 32.2 Å². The molecule has 25 heavy (non-hydrogen) atoms. The monoisotopic (exact) mass is 342 g/mol. The number of rotatable bonds is 5. The molecule has 0 radical (unpaired) electrons. The lowest BCUT2D eigenvalue weighted by molar-refractivity contribution is -0.00448. The minimum atomic E-state index is -0.251. The second-order valence-electron chi connectivity index (χ2n) is 6.04. The van der Waals surface area contributed by atoms with Gasteiger partial charge < -0.3 is 19.7 Å². The van der Waals surface area contributed by atoms with Gasteiger partial charge in [0.1, 0.15) is 11.9 Å². The minimum Gasteiger partial charge on any atom is -0.472 e. The zero-order valence-electron chi connectivity index (χ0n) is 14.4. The van der Waals surface area contributed by atoms with Gasteiger partial charge in [-0.05, 0) is 18.2 Å². The smallest absolute Gasteiger partial charge is 0.255 e. The lowest BCUT2D eigenvalue weighted by Crippen LogP contribution is -2.52. The van der Waals surface area contributed by atoms with Crippen LogP contribution in [0.15, 0.2) is 42.7 Å². The van der Waals surface area contributed by atoms with Crippen LogP contribution in [0.3, 0.4) is 0 Å². The van der Waals surface area contributed by atoms with Crippen molar-refractivity contribution >= 4 is 11.7 Å². The largest absolute Gasteiger partial charge is 0.472 e. The van der Waals surface area contributed by atoms with Crippen LogP contribution in [0.25, 0.3) is 0 Å². The summed E-state index contributed by atoms with van der Waals surface area (Å²) in [6.45, 7) is 1.00. The highest BCUT2D eigenvalue weighted by atomic mass is 16.5. The van der Waals surface area contributed by atoms with Gasteiger partial charge in [0.25, 0.3) is 5.91 Å². The van der Waals surface area contributed by atoms with Crippen LogP contribution in [-0.2, 0) is 4.74 Å². The number of hydrogen-bond acceptors (Lipinski definition) is 6. The fourth-order valence-electron chi connectivity index (χ4n) is 2.74. The first-order chi connectivity index (χ1) is 12.1. The summed E-state index contributed by atoms with van der Waals surface area (Å²) in [6, 6.07) is 8.77. The van der Waals surface area contributed by atoms with Crippen molar-refractivity contribution < 1.29 is 14.3 Å². The van der Waals surface area contributed by atoms with Crippen molar-refractivity contribution in [3.8, 4) is 5.88 Å². The van der Waals surface area contributed by atoms with Gasteiger partial charge in [-0.25, -0.2) is 9.97 Å². The van der Waals surface area contributed by atoms with Gasteiger partial charge in [-0.3, -0.25) is 4.79 Å². The quantitative estimate of drug-likeness (QED) is 0.888. The van der Waals surface area contributed by atoms with E-state index in [1.165, 1.54) is 0 Å². The lowest BCUT2D eigenvalue weighted by Gasteiger charge is -2.32. The highest BCUT2D eigenvalue weighted by molar-refractivity contribution is 5.99. The van der Waals surface area contributed by atoms with Crippen LogP contribution in [0.4, 0.5) is 5.82 Å². The van der Waals surface area contributed by atoms with Gasteiger partial charge in [0.15, 0.2) is 0 Å². The Balaban J connectivity index is 1.72. The Morgan fingerprint density at radius 1 is 1.24 bits per heavy atom. The molecular weight excluding hydrogens is 320 g/mol. The van der Waals surface area contributed by atoms with E-state index in [0.29, 0.717) is 36.9 Å². The van der Waals surface area contributed by atoms with Crippen molar-refractivity contribution in [1.82, 2.24) is 15.3 Å². The molecule has 0 spiro atoms. The standard InChI is InChI=1S/C18H22N4O3/c1-22(2)17-13(6-5-10-20-17)18(23)21-14-12-24-11-8-15(14)25-16-7-3-4-9-19-16/h3-7,9-10,14-15H,8,11-12H2,1-2H3,(H,21,23)/t14-,15-/m1/s1. The number of nitrogens with zero attached hydrogens (tertiary/aromatic N) is 3. The summed E-state index contributed by atoms with van der Waals surface area (Å²) in [5, 5.41) is 3.02. The van der Waals surface area contributed by atoms with Crippen LogP contribution in [0.1, 0.15) is 16.8 Å². The normalized spacial score (nSPS) is 19.9. The molecule has 132 valence electrons. The topological polar surface area (TPSA) is 76.6 Å². The predicted octanol–water partition coefficient (Wildman–Crippen LogP) is 1.51. The molecule has 3 rings (SSSR count). The van der Waals surface area contributed by atoms with Crippen molar-refractivity contribution in [2.45, 2.75) is 18.6 Å². The summed E-state index contributed by atoms with van der Waals surface area (Å²) in [5.41, 5.74) is 0.523. The van der Waals surface area contributed by atoms with Crippen LogP contribution in [0, 0.1) is 0 Å². The van der Waals surface area contributed by atoms with Crippen LogP contribution in [-0.4, -0.2) is 55.3 Å². The molecule has 1 aliphatic rings. The molecule has 1 amide bonds.